The van der Waals surface area contributed by atoms with Gasteiger partial charge in [0.05, 0.1) is 0 Å². The Kier molecular flexibility index (Phi) is 4.41. The van der Waals surface area contributed by atoms with Gasteiger partial charge >= 0.3 is 0 Å². The third-order valence-electron chi connectivity index (χ3n) is 6.08. The summed E-state index contributed by atoms with van der Waals surface area (Å²) in [7, 11) is 0. The first-order valence-electron chi connectivity index (χ1n) is 9.10. The van der Waals surface area contributed by atoms with E-state index in [1.807, 2.05) is 6.92 Å². The highest BCUT2D eigenvalue weighted by molar-refractivity contribution is 5.58. The minimum atomic E-state index is -0.801. The van der Waals surface area contributed by atoms with Gasteiger partial charge in [-0.1, -0.05) is 25.5 Å². The molecule has 3 heteroatoms. The average molecular weight is 330 g/mol. The number of phenols is 1. The molecule has 0 saturated carbocycles. The van der Waals surface area contributed by atoms with E-state index in [-0.39, 0.29) is 11.3 Å². The van der Waals surface area contributed by atoms with Gasteiger partial charge in [0.15, 0.2) is 0 Å². The molecule has 2 aliphatic rings. The van der Waals surface area contributed by atoms with Gasteiger partial charge in [0.1, 0.15) is 11.5 Å². The minimum absolute atomic E-state index is 0.235. The second-order valence-electron chi connectivity index (χ2n) is 8.20. The predicted molar refractivity (Wildman–Crippen MR) is 96.6 cm³/mol. The molecule has 4 atom stereocenters. The molecule has 3 nitrogen and oxygen atoms in total. The van der Waals surface area contributed by atoms with Gasteiger partial charge in [-0.15, -0.1) is 0 Å². The van der Waals surface area contributed by atoms with Crippen LogP contribution in [0.1, 0.15) is 81.9 Å². The zero-order valence-corrected chi connectivity index (χ0v) is 15.5. The maximum absolute atomic E-state index is 10.8. The van der Waals surface area contributed by atoms with Crippen molar-refractivity contribution >= 4 is 0 Å². The largest absolute Gasteiger partial charge is 0.508 e. The van der Waals surface area contributed by atoms with E-state index in [1.54, 1.807) is 6.07 Å². The molecule has 0 fully saturated rings. The fourth-order valence-corrected chi connectivity index (χ4v) is 4.59. The fraction of sp³-hybridized carbons (Fsp3) is 0.619. The average Bonchev–Trinajstić information content (AvgIpc) is 2.49. The van der Waals surface area contributed by atoms with Crippen molar-refractivity contribution < 1.29 is 14.9 Å². The molecule has 1 aliphatic heterocycles. The molecular weight excluding hydrogens is 300 g/mol. The van der Waals surface area contributed by atoms with Crippen molar-refractivity contribution in [3.63, 3.8) is 0 Å². The summed E-state index contributed by atoms with van der Waals surface area (Å²) in [6.07, 6.45) is 5.33. The highest BCUT2D eigenvalue weighted by atomic mass is 16.6. The van der Waals surface area contributed by atoms with Crippen molar-refractivity contribution in [2.24, 2.45) is 5.41 Å². The Morgan fingerprint density at radius 1 is 1.33 bits per heavy atom. The third kappa shape index (κ3) is 2.63. The molecule has 1 heterocycles. The van der Waals surface area contributed by atoms with E-state index in [0.29, 0.717) is 11.7 Å². The van der Waals surface area contributed by atoms with Gasteiger partial charge in [-0.25, -0.2) is 0 Å². The van der Waals surface area contributed by atoms with E-state index in [9.17, 15) is 10.2 Å². The lowest BCUT2D eigenvalue weighted by Crippen LogP contribution is -2.46. The lowest BCUT2D eigenvalue weighted by molar-refractivity contribution is -0.139. The van der Waals surface area contributed by atoms with Crippen LogP contribution in [0.2, 0.25) is 0 Å². The van der Waals surface area contributed by atoms with Gasteiger partial charge in [-0.2, -0.15) is 0 Å². The van der Waals surface area contributed by atoms with E-state index in [4.69, 9.17) is 4.74 Å². The quantitative estimate of drug-likeness (QED) is 0.754. The maximum atomic E-state index is 10.8. The topological polar surface area (TPSA) is 49.7 Å². The summed E-state index contributed by atoms with van der Waals surface area (Å²) in [5, 5.41) is 21.3. The molecule has 1 unspecified atom stereocenters. The standard InChI is InChI=1S/C21H30O3/c1-12(2)7-6-10-21(5)15-9-8-13(3)17-16(22)11-14(4)19(18(15)17)24-20(21)23/h7,11,13,15,20,22-23H,6,8-10H2,1-5H3/t13-,15-,20?,21+/m1/s1. The van der Waals surface area contributed by atoms with Crippen LogP contribution >= 0.6 is 0 Å². The molecule has 0 bridgehead atoms. The molecule has 1 aliphatic carbocycles. The van der Waals surface area contributed by atoms with Crippen LogP contribution in [0.3, 0.4) is 0 Å². The van der Waals surface area contributed by atoms with Crippen LogP contribution in [0, 0.1) is 12.3 Å². The molecule has 3 rings (SSSR count). The second-order valence-corrected chi connectivity index (χ2v) is 8.20. The summed E-state index contributed by atoms with van der Waals surface area (Å²) in [6.45, 7) is 10.5. The minimum Gasteiger partial charge on any atom is -0.508 e. The van der Waals surface area contributed by atoms with Gasteiger partial charge < -0.3 is 14.9 Å². The number of phenolic OH excluding ortho intramolecular Hbond substituents is 1. The van der Waals surface area contributed by atoms with Crippen LogP contribution in [-0.4, -0.2) is 16.5 Å². The fourth-order valence-electron chi connectivity index (χ4n) is 4.59. The zero-order valence-electron chi connectivity index (χ0n) is 15.5. The van der Waals surface area contributed by atoms with Crippen molar-refractivity contribution in [2.45, 2.75) is 78.4 Å². The molecular formula is C21H30O3. The molecule has 0 spiro atoms. The Balaban J connectivity index is 2.08. The van der Waals surface area contributed by atoms with E-state index in [1.165, 1.54) is 5.57 Å². The summed E-state index contributed by atoms with van der Waals surface area (Å²) >= 11 is 0. The van der Waals surface area contributed by atoms with Crippen molar-refractivity contribution in [2.75, 3.05) is 0 Å². The van der Waals surface area contributed by atoms with Gasteiger partial charge in [0.25, 0.3) is 0 Å². The summed E-state index contributed by atoms with van der Waals surface area (Å²) in [4.78, 5) is 0. The number of benzene rings is 1. The first-order valence-corrected chi connectivity index (χ1v) is 9.10. The smallest absolute Gasteiger partial charge is 0.203 e. The third-order valence-corrected chi connectivity index (χ3v) is 6.08. The second kappa shape index (κ2) is 6.11. The SMILES string of the molecule is CC(C)=CCC[C@]1(C)C(O)Oc2c(C)cc(O)c3c2[C@H]1CC[C@H]3C. The van der Waals surface area contributed by atoms with Gasteiger partial charge in [-0.3, -0.25) is 0 Å². The van der Waals surface area contributed by atoms with Crippen molar-refractivity contribution in [1.82, 2.24) is 0 Å². The predicted octanol–water partition coefficient (Wildman–Crippen LogP) is 5.15. The zero-order chi connectivity index (χ0) is 17.6. The number of aliphatic hydroxyl groups excluding tert-OH is 1. The van der Waals surface area contributed by atoms with Gasteiger partial charge in [0.2, 0.25) is 6.29 Å². The van der Waals surface area contributed by atoms with E-state index in [2.05, 4.69) is 33.8 Å². The molecule has 0 radical (unpaired) electrons. The summed E-state index contributed by atoms with van der Waals surface area (Å²) in [5.74, 6) is 1.75. The van der Waals surface area contributed by atoms with Gasteiger partial charge in [0, 0.05) is 16.5 Å². The Morgan fingerprint density at radius 2 is 2.04 bits per heavy atom. The van der Waals surface area contributed by atoms with Crippen LogP contribution in [0.15, 0.2) is 17.7 Å². The number of ether oxygens (including phenoxy) is 1. The summed E-state index contributed by atoms with van der Waals surface area (Å²) in [6, 6.07) is 1.78. The lowest BCUT2D eigenvalue weighted by atomic mass is 9.61. The monoisotopic (exact) mass is 330 g/mol. The van der Waals surface area contributed by atoms with Crippen LogP contribution in [0.25, 0.3) is 0 Å². The van der Waals surface area contributed by atoms with Crippen LogP contribution in [0.4, 0.5) is 0 Å². The highest BCUT2D eigenvalue weighted by Gasteiger charge is 2.50. The van der Waals surface area contributed by atoms with E-state index >= 15 is 0 Å². The first-order chi connectivity index (χ1) is 11.3. The Morgan fingerprint density at radius 3 is 2.71 bits per heavy atom. The lowest BCUT2D eigenvalue weighted by Gasteiger charge is -2.49. The van der Waals surface area contributed by atoms with Crippen molar-refractivity contribution in [1.29, 1.82) is 0 Å². The molecule has 1 aromatic rings. The Bertz CT molecular complexity index is 672. The first kappa shape index (κ1) is 17.3. The molecule has 1 aromatic carbocycles. The van der Waals surface area contributed by atoms with E-state index in [0.717, 1.165) is 48.1 Å². The number of aliphatic hydroxyl groups is 1. The summed E-state index contributed by atoms with van der Waals surface area (Å²) < 4.78 is 6.01. The summed E-state index contributed by atoms with van der Waals surface area (Å²) in [5.41, 5.74) is 4.07. The molecule has 0 amide bonds. The number of hydrogen-bond acceptors (Lipinski definition) is 3. The Hall–Kier alpha value is -1.48. The molecule has 132 valence electrons. The van der Waals surface area contributed by atoms with Crippen molar-refractivity contribution in [3.05, 3.63) is 34.4 Å². The number of rotatable bonds is 3. The number of allylic oxidation sites excluding steroid dienone is 2. The van der Waals surface area contributed by atoms with Crippen LogP contribution < -0.4 is 4.74 Å². The number of aryl methyl sites for hydroxylation is 1. The normalized spacial score (nSPS) is 31.2. The molecule has 24 heavy (non-hydrogen) atoms. The molecule has 0 saturated heterocycles. The number of aromatic hydroxyl groups is 1. The highest BCUT2D eigenvalue weighted by Crippen LogP contribution is 2.59. The maximum Gasteiger partial charge on any atom is 0.203 e. The molecule has 2 N–H and O–H groups in total. The Labute approximate surface area is 145 Å². The van der Waals surface area contributed by atoms with Crippen LogP contribution in [0.5, 0.6) is 11.5 Å². The van der Waals surface area contributed by atoms with Gasteiger partial charge in [-0.05, 0) is 69.9 Å². The number of hydrogen-bond donors (Lipinski definition) is 2. The molecule has 0 aromatic heterocycles. The van der Waals surface area contributed by atoms with E-state index < -0.39 is 6.29 Å². The van der Waals surface area contributed by atoms with Crippen molar-refractivity contribution in [3.8, 4) is 11.5 Å². The van der Waals surface area contributed by atoms with Crippen LogP contribution in [-0.2, 0) is 0 Å².